The van der Waals surface area contributed by atoms with Crippen LogP contribution in [0.5, 0.6) is 0 Å². The van der Waals surface area contributed by atoms with Gasteiger partial charge in [-0.25, -0.2) is 9.97 Å². The first-order valence-electron chi connectivity index (χ1n) is 4.68. The molecule has 0 amide bonds. The van der Waals surface area contributed by atoms with Crippen molar-refractivity contribution < 1.29 is 0 Å². The van der Waals surface area contributed by atoms with Crippen LogP contribution in [0.25, 0.3) is 0 Å². The average molecular weight is 255 g/mol. The standard InChI is InChI=1S/C10H11ClN4S/c1-15(5-7-3-2-4-16-7)10-8(12)9(11)13-6-14-10/h2-4,6H,5,12H2,1H3. The summed E-state index contributed by atoms with van der Waals surface area (Å²) in [6, 6.07) is 4.09. The van der Waals surface area contributed by atoms with Crippen LogP contribution in [0.15, 0.2) is 23.8 Å². The number of aromatic nitrogens is 2. The second-order valence-corrected chi connectivity index (χ2v) is 4.73. The van der Waals surface area contributed by atoms with Crippen LogP contribution in [0.3, 0.4) is 0 Å². The molecule has 0 aliphatic carbocycles. The van der Waals surface area contributed by atoms with Crippen LogP contribution in [0, 0.1) is 0 Å². The second kappa shape index (κ2) is 4.67. The van der Waals surface area contributed by atoms with Gasteiger partial charge in [0.15, 0.2) is 11.0 Å². The van der Waals surface area contributed by atoms with Crippen molar-refractivity contribution in [2.45, 2.75) is 6.54 Å². The molecule has 2 aromatic rings. The Kier molecular flexibility index (Phi) is 3.26. The van der Waals surface area contributed by atoms with Crippen molar-refractivity contribution in [2.75, 3.05) is 17.7 Å². The van der Waals surface area contributed by atoms with Crippen LogP contribution < -0.4 is 10.6 Å². The van der Waals surface area contributed by atoms with E-state index in [0.29, 0.717) is 16.7 Å². The fourth-order valence-electron chi connectivity index (χ4n) is 1.38. The summed E-state index contributed by atoms with van der Waals surface area (Å²) in [5.74, 6) is 0.661. The van der Waals surface area contributed by atoms with Gasteiger partial charge in [0.1, 0.15) is 12.0 Å². The fourth-order valence-corrected chi connectivity index (χ4v) is 2.27. The molecule has 2 rings (SSSR count). The van der Waals surface area contributed by atoms with Gasteiger partial charge in [0.2, 0.25) is 0 Å². The minimum atomic E-state index is 0.294. The molecule has 0 atom stereocenters. The number of hydrogen-bond acceptors (Lipinski definition) is 5. The molecular formula is C10H11ClN4S. The molecule has 16 heavy (non-hydrogen) atoms. The summed E-state index contributed by atoms with van der Waals surface area (Å²) in [6.07, 6.45) is 1.42. The van der Waals surface area contributed by atoms with Crippen LogP contribution in [0.2, 0.25) is 5.15 Å². The van der Waals surface area contributed by atoms with E-state index >= 15 is 0 Å². The number of halogens is 1. The number of hydrogen-bond donors (Lipinski definition) is 1. The highest BCUT2D eigenvalue weighted by atomic mass is 35.5. The lowest BCUT2D eigenvalue weighted by atomic mass is 10.4. The van der Waals surface area contributed by atoms with Gasteiger partial charge in [-0.1, -0.05) is 17.7 Å². The zero-order valence-electron chi connectivity index (χ0n) is 8.72. The quantitative estimate of drug-likeness (QED) is 0.855. The summed E-state index contributed by atoms with van der Waals surface area (Å²) in [6.45, 7) is 0.759. The minimum Gasteiger partial charge on any atom is -0.393 e. The van der Waals surface area contributed by atoms with E-state index in [1.54, 1.807) is 11.3 Å². The highest BCUT2D eigenvalue weighted by Crippen LogP contribution is 2.26. The van der Waals surface area contributed by atoms with Crippen LogP contribution in [-0.4, -0.2) is 17.0 Å². The van der Waals surface area contributed by atoms with Crippen molar-refractivity contribution in [3.8, 4) is 0 Å². The fraction of sp³-hybridized carbons (Fsp3) is 0.200. The van der Waals surface area contributed by atoms with E-state index in [4.69, 9.17) is 17.3 Å². The largest absolute Gasteiger partial charge is 0.393 e. The topological polar surface area (TPSA) is 55.0 Å². The molecule has 6 heteroatoms. The van der Waals surface area contributed by atoms with E-state index in [0.717, 1.165) is 6.54 Å². The Morgan fingerprint density at radius 3 is 3.00 bits per heavy atom. The molecule has 2 heterocycles. The summed E-state index contributed by atoms with van der Waals surface area (Å²) in [5.41, 5.74) is 6.24. The third kappa shape index (κ3) is 2.25. The molecule has 0 aromatic carbocycles. The molecule has 0 bridgehead atoms. The van der Waals surface area contributed by atoms with Crippen molar-refractivity contribution in [2.24, 2.45) is 0 Å². The highest BCUT2D eigenvalue weighted by Gasteiger charge is 2.11. The predicted molar refractivity (Wildman–Crippen MR) is 67.9 cm³/mol. The highest BCUT2D eigenvalue weighted by molar-refractivity contribution is 7.09. The number of nitrogens with zero attached hydrogens (tertiary/aromatic N) is 3. The van der Waals surface area contributed by atoms with E-state index in [1.807, 2.05) is 23.4 Å². The van der Waals surface area contributed by atoms with E-state index in [-0.39, 0.29) is 0 Å². The zero-order valence-corrected chi connectivity index (χ0v) is 10.3. The molecule has 0 saturated carbocycles. The normalized spacial score (nSPS) is 10.4. The van der Waals surface area contributed by atoms with Crippen molar-refractivity contribution >= 4 is 34.4 Å². The molecule has 0 unspecified atom stereocenters. The van der Waals surface area contributed by atoms with Gasteiger partial charge in [-0.05, 0) is 11.4 Å². The summed E-state index contributed by atoms with van der Waals surface area (Å²) in [5, 5.41) is 2.34. The Balaban J connectivity index is 2.21. The first kappa shape index (κ1) is 11.2. The van der Waals surface area contributed by atoms with Crippen LogP contribution >= 0.6 is 22.9 Å². The van der Waals surface area contributed by atoms with Gasteiger partial charge < -0.3 is 10.6 Å². The molecule has 0 aliphatic rings. The summed E-state index contributed by atoms with van der Waals surface area (Å²) < 4.78 is 0. The maximum atomic E-state index is 5.84. The Bertz CT molecular complexity index is 472. The smallest absolute Gasteiger partial charge is 0.157 e. The number of thiophene rings is 1. The second-order valence-electron chi connectivity index (χ2n) is 3.34. The van der Waals surface area contributed by atoms with Crippen molar-refractivity contribution in [3.05, 3.63) is 33.9 Å². The Morgan fingerprint density at radius 2 is 2.31 bits per heavy atom. The van der Waals surface area contributed by atoms with Gasteiger partial charge in [0.05, 0.1) is 6.54 Å². The maximum absolute atomic E-state index is 5.84. The van der Waals surface area contributed by atoms with Crippen LogP contribution in [0.4, 0.5) is 11.5 Å². The number of anilines is 2. The average Bonchev–Trinajstić information content (AvgIpc) is 2.74. The lowest BCUT2D eigenvalue weighted by Crippen LogP contribution is -2.18. The molecular weight excluding hydrogens is 244 g/mol. The molecule has 2 aromatic heterocycles. The van der Waals surface area contributed by atoms with Gasteiger partial charge in [-0.15, -0.1) is 11.3 Å². The molecule has 4 nitrogen and oxygen atoms in total. The molecule has 0 radical (unpaired) electrons. The van der Waals surface area contributed by atoms with E-state index in [1.165, 1.54) is 11.2 Å². The van der Waals surface area contributed by atoms with E-state index in [9.17, 15) is 0 Å². The summed E-state index contributed by atoms with van der Waals surface area (Å²) in [7, 11) is 1.93. The molecule has 0 aliphatic heterocycles. The van der Waals surface area contributed by atoms with Gasteiger partial charge in [0.25, 0.3) is 0 Å². The molecule has 0 fully saturated rings. The summed E-state index contributed by atoms with van der Waals surface area (Å²) >= 11 is 7.54. The van der Waals surface area contributed by atoms with Gasteiger partial charge >= 0.3 is 0 Å². The van der Waals surface area contributed by atoms with Crippen LogP contribution in [0.1, 0.15) is 4.88 Å². The lowest BCUT2D eigenvalue weighted by Gasteiger charge is -2.18. The van der Waals surface area contributed by atoms with Gasteiger partial charge in [-0.3, -0.25) is 0 Å². The summed E-state index contributed by atoms with van der Waals surface area (Å²) in [4.78, 5) is 11.2. The Morgan fingerprint density at radius 1 is 1.50 bits per heavy atom. The van der Waals surface area contributed by atoms with E-state index in [2.05, 4.69) is 16.0 Å². The lowest BCUT2D eigenvalue weighted by molar-refractivity contribution is 0.907. The number of nitrogen functional groups attached to an aromatic ring is 1. The monoisotopic (exact) mass is 254 g/mol. The maximum Gasteiger partial charge on any atom is 0.157 e. The molecule has 2 N–H and O–H groups in total. The third-order valence-corrected chi connectivity index (χ3v) is 3.31. The first-order chi connectivity index (χ1) is 7.68. The molecule has 0 spiro atoms. The van der Waals surface area contributed by atoms with Crippen molar-refractivity contribution in [3.63, 3.8) is 0 Å². The predicted octanol–water partition coefficient (Wildman–Crippen LogP) is 2.41. The van der Waals surface area contributed by atoms with Gasteiger partial charge in [-0.2, -0.15) is 0 Å². The van der Waals surface area contributed by atoms with Crippen molar-refractivity contribution in [1.82, 2.24) is 9.97 Å². The van der Waals surface area contributed by atoms with Crippen molar-refractivity contribution in [1.29, 1.82) is 0 Å². The first-order valence-corrected chi connectivity index (χ1v) is 5.93. The SMILES string of the molecule is CN(Cc1cccs1)c1ncnc(Cl)c1N. The molecule has 0 saturated heterocycles. The Labute approximate surface area is 103 Å². The Hall–Kier alpha value is -1.33. The van der Waals surface area contributed by atoms with Gasteiger partial charge in [0, 0.05) is 11.9 Å². The third-order valence-electron chi connectivity index (χ3n) is 2.15. The van der Waals surface area contributed by atoms with Crippen LogP contribution in [-0.2, 0) is 6.54 Å². The zero-order chi connectivity index (χ0) is 11.5. The van der Waals surface area contributed by atoms with E-state index < -0.39 is 0 Å². The molecule has 84 valence electrons. The minimum absolute atomic E-state index is 0.294. The number of nitrogens with two attached hydrogens (primary N) is 1. The number of rotatable bonds is 3.